The van der Waals surface area contributed by atoms with Crippen molar-refractivity contribution in [3.8, 4) is 0 Å². The summed E-state index contributed by atoms with van der Waals surface area (Å²) in [7, 11) is 0. The Morgan fingerprint density at radius 1 is 1.07 bits per heavy atom. The second-order valence-corrected chi connectivity index (χ2v) is 2.97. The highest BCUT2D eigenvalue weighted by molar-refractivity contribution is 5.45. The molecule has 0 spiro atoms. The first-order chi connectivity index (χ1) is 7.24. The summed E-state index contributed by atoms with van der Waals surface area (Å²) in [4.78, 5) is 0. The molecule has 0 nitrogen and oxygen atoms in total. The molecule has 1 aromatic rings. The van der Waals surface area contributed by atoms with E-state index < -0.39 is 0 Å². The van der Waals surface area contributed by atoms with Crippen LogP contribution in [0.2, 0.25) is 0 Å². The summed E-state index contributed by atoms with van der Waals surface area (Å²) < 4.78 is 0. The first-order valence-electron chi connectivity index (χ1n) is 4.83. The van der Waals surface area contributed by atoms with Gasteiger partial charge in [0.1, 0.15) is 0 Å². The molecule has 0 heterocycles. The van der Waals surface area contributed by atoms with Crippen molar-refractivity contribution >= 4 is 6.08 Å². The van der Waals surface area contributed by atoms with Crippen molar-refractivity contribution in [1.82, 2.24) is 0 Å². The van der Waals surface area contributed by atoms with Crippen molar-refractivity contribution in [2.75, 3.05) is 0 Å². The maximum atomic E-state index is 3.63. The second kappa shape index (κ2) is 8.76. The van der Waals surface area contributed by atoms with E-state index in [0.717, 1.165) is 5.57 Å². The van der Waals surface area contributed by atoms with Crippen LogP contribution in [-0.4, -0.2) is 0 Å². The smallest absolute Gasteiger partial charge is 0.0263 e. The first kappa shape index (κ1) is 13.2. The van der Waals surface area contributed by atoms with Gasteiger partial charge < -0.3 is 0 Å². The Morgan fingerprint density at radius 3 is 1.93 bits per heavy atom. The van der Waals surface area contributed by atoms with Gasteiger partial charge in [-0.05, 0) is 12.5 Å². The minimum absolute atomic E-state index is 1.15. The molecule has 0 radical (unpaired) electrons. The Morgan fingerprint density at radius 2 is 1.67 bits per heavy atom. The zero-order valence-electron chi connectivity index (χ0n) is 9.32. The van der Waals surface area contributed by atoms with E-state index in [4.69, 9.17) is 0 Å². The number of rotatable bonds is 3. The molecule has 78 valence electrons. The molecule has 0 unspecified atom stereocenters. The van der Waals surface area contributed by atoms with Crippen LogP contribution >= 0.6 is 0 Å². The highest BCUT2D eigenvalue weighted by Crippen LogP contribution is 1.97. The normalized spacial score (nSPS) is 9.53. The van der Waals surface area contributed by atoms with Gasteiger partial charge in [0.15, 0.2) is 0 Å². The number of hydrogen-bond donors (Lipinski definition) is 0. The fraction of sp³-hybridized carbons (Fsp3) is 0.0667. The van der Waals surface area contributed by atoms with Crippen LogP contribution in [0.1, 0.15) is 12.5 Å². The molecule has 0 saturated carbocycles. The van der Waals surface area contributed by atoms with E-state index in [2.05, 4.69) is 19.7 Å². The molecule has 1 rings (SSSR count). The quantitative estimate of drug-likeness (QED) is 0.621. The van der Waals surface area contributed by atoms with Crippen molar-refractivity contribution in [2.24, 2.45) is 0 Å². The molecule has 0 aliphatic heterocycles. The standard InChI is InChI=1S/C8H8.C7H10/c1-2-8-6-4-3-5-7-8;1-4-6-7(3)5-2/h2-7H,1H2;4-6H,1-2H2,3H3/b;7-6+. The monoisotopic (exact) mass is 198 g/mol. The van der Waals surface area contributed by atoms with Crippen molar-refractivity contribution in [3.05, 3.63) is 79.4 Å². The molecule has 0 atom stereocenters. The Bertz CT molecular complexity index is 328. The predicted octanol–water partition coefficient (Wildman–Crippen LogP) is 4.63. The molecular weight excluding hydrogens is 180 g/mol. The topological polar surface area (TPSA) is 0 Å². The molecule has 0 aromatic heterocycles. The minimum atomic E-state index is 1.15. The molecule has 15 heavy (non-hydrogen) atoms. The Labute approximate surface area is 93.0 Å². The van der Waals surface area contributed by atoms with Gasteiger partial charge in [-0.2, -0.15) is 0 Å². The second-order valence-electron chi connectivity index (χ2n) is 2.97. The van der Waals surface area contributed by atoms with Crippen LogP contribution < -0.4 is 0 Å². The van der Waals surface area contributed by atoms with Gasteiger partial charge in [-0.3, -0.25) is 0 Å². The van der Waals surface area contributed by atoms with Crippen LogP contribution in [0.25, 0.3) is 6.08 Å². The lowest BCUT2D eigenvalue weighted by molar-refractivity contribution is 1.54. The van der Waals surface area contributed by atoms with E-state index in [1.807, 2.05) is 49.4 Å². The van der Waals surface area contributed by atoms with E-state index in [0.29, 0.717) is 0 Å². The van der Waals surface area contributed by atoms with Crippen LogP contribution in [0.4, 0.5) is 0 Å². The van der Waals surface area contributed by atoms with Crippen LogP contribution in [-0.2, 0) is 0 Å². The highest BCUT2D eigenvalue weighted by Gasteiger charge is 1.75. The van der Waals surface area contributed by atoms with Crippen LogP contribution in [0, 0.1) is 0 Å². The third kappa shape index (κ3) is 7.27. The summed E-state index contributed by atoms with van der Waals surface area (Å²) in [5.41, 5.74) is 2.32. The van der Waals surface area contributed by atoms with Gasteiger partial charge in [-0.15, -0.1) is 0 Å². The minimum Gasteiger partial charge on any atom is -0.0991 e. The molecule has 0 aliphatic rings. The average molecular weight is 198 g/mol. The van der Waals surface area contributed by atoms with E-state index in [9.17, 15) is 0 Å². The molecule has 0 heteroatoms. The third-order valence-corrected chi connectivity index (χ3v) is 1.74. The number of allylic oxidation sites excluding steroid dienone is 4. The van der Waals surface area contributed by atoms with Crippen LogP contribution in [0.15, 0.2) is 73.9 Å². The SMILES string of the molecule is C=C/C=C(\C)C=C.C=Cc1ccccc1. The zero-order chi connectivity index (χ0) is 11.5. The molecule has 0 fully saturated rings. The van der Waals surface area contributed by atoms with Gasteiger partial charge >= 0.3 is 0 Å². The Kier molecular flexibility index (Phi) is 7.70. The molecule has 1 aromatic carbocycles. The number of benzene rings is 1. The van der Waals surface area contributed by atoms with Crippen molar-refractivity contribution in [3.63, 3.8) is 0 Å². The van der Waals surface area contributed by atoms with E-state index >= 15 is 0 Å². The lowest BCUT2D eigenvalue weighted by Crippen LogP contribution is -1.63. The lowest BCUT2D eigenvalue weighted by atomic mass is 10.2. The fourth-order valence-corrected chi connectivity index (χ4v) is 0.843. The fourth-order valence-electron chi connectivity index (χ4n) is 0.843. The molecule has 0 bridgehead atoms. The van der Waals surface area contributed by atoms with Gasteiger partial charge in [-0.1, -0.05) is 79.9 Å². The molecular formula is C15H18. The van der Waals surface area contributed by atoms with Crippen molar-refractivity contribution < 1.29 is 0 Å². The van der Waals surface area contributed by atoms with Gasteiger partial charge in [-0.25, -0.2) is 0 Å². The summed E-state index contributed by atoms with van der Waals surface area (Å²) in [6, 6.07) is 10.0. The third-order valence-electron chi connectivity index (χ3n) is 1.74. The largest absolute Gasteiger partial charge is 0.0991 e. The van der Waals surface area contributed by atoms with Gasteiger partial charge in [0, 0.05) is 0 Å². The summed E-state index contributed by atoms with van der Waals surface area (Å²) in [5.74, 6) is 0. The maximum Gasteiger partial charge on any atom is -0.0263 e. The Hall–Kier alpha value is -1.82. The van der Waals surface area contributed by atoms with E-state index in [1.54, 1.807) is 12.2 Å². The number of hydrogen-bond acceptors (Lipinski definition) is 0. The predicted molar refractivity (Wildman–Crippen MR) is 70.7 cm³/mol. The molecule has 0 aliphatic carbocycles. The van der Waals surface area contributed by atoms with Crippen LogP contribution in [0.3, 0.4) is 0 Å². The molecule has 0 N–H and O–H groups in total. The summed E-state index contributed by atoms with van der Waals surface area (Å²) in [6.07, 6.45) is 7.28. The summed E-state index contributed by atoms with van der Waals surface area (Å²) in [6.45, 7) is 12.7. The zero-order valence-corrected chi connectivity index (χ0v) is 9.32. The molecule has 0 amide bonds. The lowest BCUT2D eigenvalue weighted by Gasteiger charge is -1.85. The van der Waals surface area contributed by atoms with E-state index in [-0.39, 0.29) is 0 Å². The first-order valence-corrected chi connectivity index (χ1v) is 4.83. The maximum absolute atomic E-state index is 3.63. The average Bonchev–Trinajstić information content (AvgIpc) is 2.31. The summed E-state index contributed by atoms with van der Waals surface area (Å²) in [5, 5.41) is 0. The van der Waals surface area contributed by atoms with Gasteiger partial charge in [0.25, 0.3) is 0 Å². The Balaban J connectivity index is 0.000000265. The van der Waals surface area contributed by atoms with Gasteiger partial charge in [0.05, 0.1) is 0 Å². The van der Waals surface area contributed by atoms with Gasteiger partial charge in [0.2, 0.25) is 0 Å². The molecule has 0 saturated heterocycles. The van der Waals surface area contributed by atoms with Crippen molar-refractivity contribution in [2.45, 2.75) is 6.92 Å². The van der Waals surface area contributed by atoms with Crippen molar-refractivity contribution in [1.29, 1.82) is 0 Å². The van der Waals surface area contributed by atoms with Crippen LogP contribution in [0.5, 0.6) is 0 Å². The van der Waals surface area contributed by atoms with E-state index in [1.165, 1.54) is 5.56 Å². The summed E-state index contributed by atoms with van der Waals surface area (Å²) >= 11 is 0. The highest BCUT2D eigenvalue weighted by atomic mass is 13.8.